The van der Waals surface area contributed by atoms with E-state index in [-0.39, 0.29) is 5.91 Å². The van der Waals surface area contributed by atoms with Gasteiger partial charge in [-0.2, -0.15) is 0 Å². The third-order valence-electron chi connectivity index (χ3n) is 5.27. The number of nitrogens with zero attached hydrogens (tertiary/aromatic N) is 2. The first-order chi connectivity index (χ1) is 14.6. The van der Waals surface area contributed by atoms with Crippen molar-refractivity contribution in [3.63, 3.8) is 0 Å². The average Bonchev–Trinajstić information content (AvgIpc) is 3.32. The number of fused-ring (bicyclic) bond motifs is 1. The topological polar surface area (TPSA) is 104 Å². The molecule has 0 saturated carbocycles. The van der Waals surface area contributed by atoms with E-state index in [1.165, 1.54) is 0 Å². The van der Waals surface area contributed by atoms with E-state index in [0.29, 0.717) is 36.1 Å². The number of amides is 1. The van der Waals surface area contributed by atoms with Gasteiger partial charge >= 0.3 is 0 Å². The number of carbonyl (C=O) groups is 1. The SMILES string of the molecule is N=C(c1ccc(C(=O)NCCOc2ccc3ccnc(N)c3c2)cc1)N1CCCC1. The highest BCUT2D eigenvalue weighted by Gasteiger charge is 2.16. The van der Waals surface area contributed by atoms with Gasteiger partial charge in [0.25, 0.3) is 5.91 Å². The second-order valence-electron chi connectivity index (χ2n) is 7.30. The summed E-state index contributed by atoms with van der Waals surface area (Å²) in [7, 11) is 0. The highest BCUT2D eigenvalue weighted by atomic mass is 16.5. The molecule has 2 heterocycles. The molecule has 7 heteroatoms. The Balaban J connectivity index is 1.27. The molecule has 0 spiro atoms. The number of aromatic nitrogens is 1. The normalized spacial score (nSPS) is 13.4. The highest BCUT2D eigenvalue weighted by Crippen LogP contribution is 2.24. The predicted octanol–water partition coefficient (Wildman–Crippen LogP) is 3.05. The fourth-order valence-electron chi connectivity index (χ4n) is 3.60. The van der Waals surface area contributed by atoms with E-state index in [4.69, 9.17) is 15.9 Å². The Morgan fingerprint density at radius 2 is 1.83 bits per heavy atom. The van der Waals surface area contributed by atoms with Crippen molar-refractivity contribution < 1.29 is 9.53 Å². The first kappa shape index (κ1) is 19.7. The van der Waals surface area contributed by atoms with E-state index < -0.39 is 0 Å². The van der Waals surface area contributed by atoms with Gasteiger partial charge in [0.05, 0.1) is 6.54 Å². The molecule has 4 N–H and O–H groups in total. The lowest BCUT2D eigenvalue weighted by Gasteiger charge is -2.18. The van der Waals surface area contributed by atoms with Gasteiger partial charge in [-0.25, -0.2) is 4.98 Å². The van der Waals surface area contributed by atoms with Crippen LogP contribution in [0.3, 0.4) is 0 Å². The molecule has 1 saturated heterocycles. The summed E-state index contributed by atoms with van der Waals surface area (Å²) in [6.45, 7) is 2.59. The molecule has 0 radical (unpaired) electrons. The van der Waals surface area contributed by atoms with E-state index in [9.17, 15) is 4.79 Å². The van der Waals surface area contributed by atoms with Crippen LogP contribution in [-0.2, 0) is 0 Å². The molecule has 7 nitrogen and oxygen atoms in total. The third-order valence-corrected chi connectivity index (χ3v) is 5.27. The van der Waals surface area contributed by atoms with Crippen LogP contribution in [0.2, 0.25) is 0 Å². The largest absolute Gasteiger partial charge is 0.492 e. The van der Waals surface area contributed by atoms with Gasteiger partial charge in [0.1, 0.15) is 24.0 Å². The quantitative estimate of drug-likeness (QED) is 0.333. The number of pyridine rings is 1. The molecule has 1 aromatic heterocycles. The molecule has 1 aliphatic heterocycles. The van der Waals surface area contributed by atoms with Crippen molar-refractivity contribution in [2.75, 3.05) is 32.0 Å². The number of nitrogens with one attached hydrogen (secondary N) is 2. The van der Waals surface area contributed by atoms with Crippen LogP contribution in [0.1, 0.15) is 28.8 Å². The van der Waals surface area contributed by atoms with Crippen LogP contribution < -0.4 is 15.8 Å². The summed E-state index contributed by atoms with van der Waals surface area (Å²) < 4.78 is 5.73. The minimum absolute atomic E-state index is 0.162. The molecular weight excluding hydrogens is 378 g/mol. The molecule has 1 amide bonds. The van der Waals surface area contributed by atoms with Gasteiger partial charge in [0, 0.05) is 35.8 Å². The molecule has 0 aliphatic carbocycles. The first-order valence-corrected chi connectivity index (χ1v) is 10.1. The number of nitrogen functional groups attached to an aromatic ring is 1. The maximum absolute atomic E-state index is 12.4. The standard InChI is InChI=1S/C23H25N5O2/c24-21-20-15-19(8-7-16(20)9-10-26-21)30-14-11-27-23(29)18-5-3-17(4-6-18)22(25)28-12-1-2-13-28/h3-10,15,25H,1-2,11-14H2,(H2,24,26)(H,27,29). The second kappa shape index (κ2) is 8.82. The highest BCUT2D eigenvalue weighted by molar-refractivity contribution is 5.99. The minimum Gasteiger partial charge on any atom is -0.492 e. The lowest BCUT2D eigenvalue weighted by atomic mass is 10.1. The van der Waals surface area contributed by atoms with Gasteiger partial charge in [0.2, 0.25) is 0 Å². The Hall–Kier alpha value is -3.61. The number of rotatable bonds is 6. The molecule has 2 aromatic carbocycles. The van der Waals surface area contributed by atoms with Crippen LogP contribution >= 0.6 is 0 Å². The smallest absolute Gasteiger partial charge is 0.251 e. The van der Waals surface area contributed by atoms with Crippen molar-refractivity contribution >= 4 is 28.3 Å². The third kappa shape index (κ3) is 4.35. The van der Waals surface area contributed by atoms with E-state index in [0.717, 1.165) is 42.3 Å². The number of hydrogen-bond acceptors (Lipinski definition) is 5. The molecule has 1 aliphatic rings. The Morgan fingerprint density at radius 1 is 1.10 bits per heavy atom. The summed E-state index contributed by atoms with van der Waals surface area (Å²) in [6, 6.07) is 14.7. The Kier molecular flexibility index (Phi) is 5.79. The maximum atomic E-state index is 12.4. The van der Waals surface area contributed by atoms with Crippen LogP contribution in [0.25, 0.3) is 10.8 Å². The molecule has 0 atom stereocenters. The van der Waals surface area contributed by atoms with Crippen LogP contribution in [0.5, 0.6) is 5.75 Å². The van der Waals surface area contributed by atoms with E-state index in [2.05, 4.69) is 15.2 Å². The van der Waals surface area contributed by atoms with Crippen molar-refractivity contribution in [2.24, 2.45) is 0 Å². The molecule has 1 fully saturated rings. The van der Waals surface area contributed by atoms with Crippen LogP contribution in [0, 0.1) is 5.41 Å². The van der Waals surface area contributed by atoms with Crippen LogP contribution in [0.4, 0.5) is 5.82 Å². The van der Waals surface area contributed by atoms with Crippen LogP contribution in [-0.4, -0.2) is 47.9 Å². The van der Waals surface area contributed by atoms with E-state index >= 15 is 0 Å². The number of benzene rings is 2. The zero-order chi connectivity index (χ0) is 20.9. The lowest BCUT2D eigenvalue weighted by Crippen LogP contribution is -2.29. The molecule has 154 valence electrons. The molecular formula is C23H25N5O2. The van der Waals surface area contributed by atoms with Crippen molar-refractivity contribution in [1.29, 1.82) is 5.41 Å². The predicted molar refractivity (Wildman–Crippen MR) is 118 cm³/mol. The second-order valence-corrected chi connectivity index (χ2v) is 7.30. The number of likely N-dealkylation sites (tertiary alicyclic amines) is 1. The first-order valence-electron chi connectivity index (χ1n) is 10.1. The van der Waals surface area contributed by atoms with Crippen molar-refractivity contribution in [1.82, 2.24) is 15.2 Å². The summed E-state index contributed by atoms with van der Waals surface area (Å²) in [4.78, 5) is 18.5. The van der Waals surface area contributed by atoms with Gasteiger partial charge in [-0.3, -0.25) is 10.2 Å². The number of carbonyl (C=O) groups excluding carboxylic acids is 1. The summed E-state index contributed by atoms with van der Waals surface area (Å²) >= 11 is 0. The summed E-state index contributed by atoms with van der Waals surface area (Å²) in [5.74, 6) is 1.51. The minimum atomic E-state index is -0.162. The van der Waals surface area contributed by atoms with E-state index in [1.807, 2.05) is 36.4 Å². The Bertz CT molecular complexity index is 1060. The molecule has 0 unspecified atom stereocenters. The summed E-state index contributed by atoms with van der Waals surface area (Å²) in [5.41, 5.74) is 7.31. The molecule has 4 rings (SSSR count). The molecule has 3 aromatic rings. The monoisotopic (exact) mass is 403 g/mol. The summed E-state index contributed by atoms with van der Waals surface area (Å²) in [5, 5.41) is 13.0. The Morgan fingerprint density at radius 3 is 2.60 bits per heavy atom. The zero-order valence-electron chi connectivity index (χ0n) is 16.7. The lowest BCUT2D eigenvalue weighted by molar-refractivity contribution is 0.0947. The Labute approximate surface area is 175 Å². The maximum Gasteiger partial charge on any atom is 0.251 e. The van der Waals surface area contributed by atoms with Gasteiger partial charge in [0.15, 0.2) is 0 Å². The number of amidine groups is 1. The number of anilines is 1. The summed E-state index contributed by atoms with van der Waals surface area (Å²) in [6.07, 6.45) is 3.94. The fourth-order valence-corrected chi connectivity index (χ4v) is 3.60. The fraction of sp³-hybridized carbons (Fsp3) is 0.261. The van der Waals surface area contributed by atoms with Crippen molar-refractivity contribution in [3.8, 4) is 5.75 Å². The zero-order valence-corrected chi connectivity index (χ0v) is 16.7. The number of nitrogens with two attached hydrogens (primary N) is 1. The average molecular weight is 403 g/mol. The molecule has 30 heavy (non-hydrogen) atoms. The number of hydrogen-bond donors (Lipinski definition) is 3. The molecule has 0 bridgehead atoms. The van der Waals surface area contributed by atoms with E-state index in [1.54, 1.807) is 18.3 Å². The van der Waals surface area contributed by atoms with Crippen molar-refractivity contribution in [2.45, 2.75) is 12.8 Å². The van der Waals surface area contributed by atoms with Gasteiger partial charge in [-0.05, 0) is 48.6 Å². The number of ether oxygens (including phenoxy) is 1. The van der Waals surface area contributed by atoms with Gasteiger partial charge in [-0.1, -0.05) is 18.2 Å². The van der Waals surface area contributed by atoms with Crippen molar-refractivity contribution in [3.05, 3.63) is 65.9 Å². The van der Waals surface area contributed by atoms with Crippen LogP contribution in [0.15, 0.2) is 54.7 Å². The van der Waals surface area contributed by atoms with Gasteiger partial charge in [-0.15, -0.1) is 0 Å². The van der Waals surface area contributed by atoms with Gasteiger partial charge < -0.3 is 20.7 Å².